The average molecular weight is 481 g/mol. The van der Waals surface area contributed by atoms with Gasteiger partial charge in [-0.2, -0.15) is 10.2 Å². The van der Waals surface area contributed by atoms with E-state index in [4.69, 9.17) is 27.6 Å². The summed E-state index contributed by atoms with van der Waals surface area (Å²) in [6, 6.07) is 12.6. The third-order valence-corrected chi connectivity index (χ3v) is 5.89. The second-order valence-electron chi connectivity index (χ2n) is 7.42. The lowest BCUT2D eigenvalue weighted by atomic mass is 10.1. The Hall–Kier alpha value is -3.62. The molecule has 0 fully saturated rings. The maximum Gasteiger partial charge on any atom is 0.247 e. The number of carbonyl (C=O) groups excluding carboxylic acids is 1. The summed E-state index contributed by atoms with van der Waals surface area (Å²) in [5.74, 6) is 0.866. The monoisotopic (exact) mass is 480 g/mol. The zero-order chi connectivity index (χ0) is 22.9. The van der Waals surface area contributed by atoms with Crippen molar-refractivity contribution < 1.29 is 9.21 Å². The van der Waals surface area contributed by atoms with Crippen LogP contribution in [0, 0.1) is 6.92 Å². The molecule has 166 valence electrons. The van der Waals surface area contributed by atoms with Crippen LogP contribution in [0.15, 0.2) is 65.5 Å². The minimum atomic E-state index is -0.273. The standard InChI is InChI=1S/C23H18Cl2N6O2/c1-14-22-15(19-6-3-11-33-19)7-9-26-23(22)31(28-14)13-21(32)27-20-8-10-30(29-20)12-16-17(24)4-2-5-18(16)25/h2-11H,12-13H2,1H3,(H,27,29,32). The third kappa shape index (κ3) is 4.22. The van der Waals surface area contributed by atoms with E-state index in [1.54, 1.807) is 52.3 Å². The summed E-state index contributed by atoms with van der Waals surface area (Å²) in [7, 11) is 0. The van der Waals surface area contributed by atoms with Crippen molar-refractivity contribution in [3.63, 3.8) is 0 Å². The molecule has 1 aromatic carbocycles. The number of rotatable bonds is 6. The van der Waals surface area contributed by atoms with Crippen molar-refractivity contribution in [3.05, 3.63) is 82.4 Å². The van der Waals surface area contributed by atoms with Gasteiger partial charge in [-0.25, -0.2) is 9.67 Å². The van der Waals surface area contributed by atoms with E-state index in [2.05, 4.69) is 20.5 Å². The lowest BCUT2D eigenvalue weighted by Crippen LogP contribution is -2.20. The SMILES string of the molecule is Cc1nn(CC(=O)Nc2ccn(Cc3c(Cl)cccc3Cl)n2)c2nccc(-c3ccco3)c12. The molecule has 0 bridgehead atoms. The predicted molar refractivity (Wildman–Crippen MR) is 126 cm³/mol. The van der Waals surface area contributed by atoms with Crippen molar-refractivity contribution in [1.82, 2.24) is 24.5 Å². The summed E-state index contributed by atoms with van der Waals surface area (Å²) in [6.07, 6.45) is 5.05. The van der Waals surface area contributed by atoms with Crippen LogP contribution >= 0.6 is 23.2 Å². The number of nitrogens with one attached hydrogen (secondary N) is 1. The van der Waals surface area contributed by atoms with E-state index in [1.165, 1.54) is 0 Å². The number of anilines is 1. The first-order valence-electron chi connectivity index (χ1n) is 10.1. The highest BCUT2D eigenvalue weighted by molar-refractivity contribution is 6.35. The molecule has 8 nitrogen and oxygen atoms in total. The van der Waals surface area contributed by atoms with E-state index in [-0.39, 0.29) is 12.5 Å². The van der Waals surface area contributed by atoms with Crippen LogP contribution in [0.25, 0.3) is 22.4 Å². The minimum Gasteiger partial charge on any atom is -0.464 e. The largest absolute Gasteiger partial charge is 0.464 e. The summed E-state index contributed by atoms with van der Waals surface area (Å²) in [5.41, 5.74) is 3.01. The van der Waals surface area contributed by atoms with E-state index in [0.717, 1.165) is 28.0 Å². The van der Waals surface area contributed by atoms with Crippen LogP contribution < -0.4 is 5.32 Å². The minimum absolute atomic E-state index is 0.0118. The van der Waals surface area contributed by atoms with E-state index < -0.39 is 0 Å². The molecule has 1 amide bonds. The van der Waals surface area contributed by atoms with Crippen molar-refractivity contribution in [2.75, 3.05) is 5.32 Å². The fourth-order valence-corrected chi connectivity index (χ4v) is 4.23. The Morgan fingerprint density at radius 3 is 2.67 bits per heavy atom. The lowest BCUT2D eigenvalue weighted by Gasteiger charge is -2.07. The average Bonchev–Trinajstić information content (AvgIpc) is 3.53. The van der Waals surface area contributed by atoms with Gasteiger partial charge < -0.3 is 9.73 Å². The van der Waals surface area contributed by atoms with E-state index in [0.29, 0.717) is 28.1 Å². The normalized spacial score (nSPS) is 11.2. The molecule has 10 heteroatoms. The van der Waals surface area contributed by atoms with Crippen LogP contribution in [0.1, 0.15) is 11.3 Å². The van der Waals surface area contributed by atoms with Gasteiger partial charge in [0.15, 0.2) is 11.5 Å². The first kappa shape index (κ1) is 21.2. The Kier molecular flexibility index (Phi) is 5.62. The summed E-state index contributed by atoms with van der Waals surface area (Å²) in [5, 5.41) is 13.7. The molecule has 0 atom stereocenters. The van der Waals surface area contributed by atoms with Crippen LogP contribution in [0.3, 0.4) is 0 Å². The first-order chi connectivity index (χ1) is 16.0. The second kappa shape index (κ2) is 8.73. The van der Waals surface area contributed by atoms with Gasteiger partial charge in [0.2, 0.25) is 5.91 Å². The van der Waals surface area contributed by atoms with Gasteiger partial charge in [0.1, 0.15) is 12.3 Å². The number of benzene rings is 1. The topological polar surface area (TPSA) is 90.8 Å². The Morgan fingerprint density at radius 1 is 1.09 bits per heavy atom. The van der Waals surface area contributed by atoms with E-state index in [9.17, 15) is 4.79 Å². The zero-order valence-electron chi connectivity index (χ0n) is 17.5. The second-order valence-corrected chi connectivity index (χ2v) is 8.24. The molecule has 0 radical (unpaired) electrons. The van der Waals surface area contributed by atoms with Crippen molar-refractivity contribution in [3.8, 4) is 11.3 Å². The number of pyridine rings is 1. The van der Waals surface area contributed by atoms with Gasteiger partial charge >= 0.3 is 0 Å². The Balaban J connectivity index is 1.33. The van der Waals surface area contributed by atoms with Gasteiger partial charge in [0.25, 0.3) is 0 Å². The zero-order valence-corrected chi connectivity index (χ0v) is 19.0. The number of aromatic nitrogens is 5. The molecule has 5 aromatic rings. The number of aryl methyl sites for hydroxylation is 1. The van der Waals surface area contributed by atoms with Gasteiger partial charge in [-0.15, -0.1) is 0 Å². The molecule has 1 N–H and O–H groups in total. The molecule has 5 rings (SSSR count). The summed E-state index contributed by atoms with van der Waals surface area (Å²) >= 11 is 12.5. The highest BCUT2D eigenvalue weighted by Crippen LogP contribution is 2.30. The number of hydrogen-bond donors (Lipinski definition) is 1. The predicted octanol–water partition coefficient (Wildman–Crippen LogP) is 5.19. The van der Waals surface area contributed by atoms with Gasteiger partial charge in [-0.1, -0.05) is 29.3 Å². The van der Waals surface area contributed by atoms with Crippen LogP contribution in [0.2, 0.25) is 10.0 Å². The van der Waals surface area contributed by atoms with E-state index in [1.807, 2.05) is 25.1 Å². The Morgan fingerprint density at radius 2 is 1.91 bits per heavy atom. The molecule has 0 aliphatic heterocycles. The highest BCUT2D eigenvalue weighted by atomic mass is 35.5. The quantitative estimate of drug-likeness (QED) is 0.361. The number of halogens is 2. The molecule has 0 saturated carbocycles. The van der Waals surface area contributed by atoms with Crippen LogP contribution in [-0.2, 0) is 17.9 Å². The molecule has 0 unspecified atom stereocenters. The van der Waals surface area contributed by atoms with Crippen LogP contribution in [-0.4, -0.2) is 30.5 Å². The van der Waals surface area contributed by atoms with Crippen LogP contribution in [0.4, 0.5) is 5.82 Å². The molecule has 0 spiro atoms. The van der Waals surface area contributed by atoms with Crippen molar-refractivity contribution in [2.45, 2.75) is 20.0 Å². The Labute approximate surface area is 198 Å². The van der Waals surface area contributed by atoms with Gasteiger partial charge in [-0.05, 0) is 37.3 Å². The number of fused-ring (bicyclic) bond motifs is 1. The molecule has 0 saturated heterocycles. The van der Waals surface area contributed by atoms with Gasteiger partial charge in [0.05, 0.1) is 23.9 Å². The highest BCUT2D eigenvalue weighted by Gasteiger charge is 2.17. The molecule has 0 aliphatic rings. The molecule has 33 heavy (non-hydrogen) atoms. The van der Waals surface area contributed by atoms with Crippen LogP contribution in [0.5, 0.6) is 0 Å². The molecular formula is C23H18Cl2N6O2. The Bertz CT molecular complexity index is 1440. The fourth-order valence-electron chi connectivity index (χ4n) is 3.71. The number of carbonyl (C=O) groups is 1. The third-order valence-electron chi connectivity index (χ3n) is 5.18. The van der Waals surface area contributed by atoms with Crippen molar-refractivity contribution in [1.29, 1.82) is 0 Å². The van der Waals surface area contributed by atoms with Gasteiger partial charge in [0, 0.05) is 39.6 Å². The van der Waals surface area contributed by atoms with Crippen molar-refractivity contribution in [2.24, 2.45) is 0 Å². The number of furan rings is 1. The maximum atomic E-state index is 12.7. The summed E-state index contributed by atoms with van der Waals surface area (Å²) in [6.45, 7) is 2.26. The molecular weight excluding hydrogens is 463 g/mol. The first-order valence-corrected chi connectivity index (χ1v) is 10.9. The van der Waals surface area contributed by atoms with Gasteiger partial charge in [-0.3, -0.25) is 9.48 Å². The van der Waals surface area contributed by atoms with Crippen molar-refractivity contribution >= 4 is 46.0 Å². The lowest BCUT2D eigenvalue weighted by molar-refractivity contribution is -0.116. The number of amides is 1. The number of nitrogens with zero attached hydrogens (tertiary/aromatic N) is 5. The van der Waals surface area contributed by atoms with E-state index >= 15 is 0 Å². The summed E-state index contributed by atoms with van der Waals surface area (Å²) < 4.78 is 8.78. The fraction of sp³-hybridized carbons (Fsp3) is 0.130. The molecule has 0 aliphatic carbocycles. The molecule has 4 heterocycles. The molecule has 4 aromatic heterocycles. The summed E-state index contributed by atoms with van der Waals surface area (Å²) in [4.78, 5) is 17.1. The smallest absolute Gasteiger partial charge is 0.247 e. The maximum absolute atomic E-state index is 12.7. The number of hydrogen-bond acceptors (Lipinski definition) is 5.